The number of anilines is 1. The Morgan fingerprint density at radius 3 is 2.26 bits per heavy atom. The first-order valence-corrected chi connectivity index (χ1v) is 8.06. The fraction of sp³-hybridized carbons (Fsp3) is 0.105. The minimum atomic E-state index is -0.245. The number of H-pyrrole nitrogens is 1. The molecule has 7 nitrogen and oxygen atoms in total. The van der Waals surface area contributed by atoms with Crippen molar-refractivity contribution in [2.24, 2.45) is 16.5 Å². The van der Waals surface area contributed by atoms with Crippen LogP contribution in [-0.4, -0.2) is 22.1 Å². The Balaban J connectivity index is 0.00000261. The number of benzene rings is 2. The number of aromatic nitrogens is 2. The number of aryl methyl sites for hydroxylation is 2. The predicted octanol–water partition coefficient (Wildman–Crippen LogP) is 3.27. The molecule has 3 aromatic rings. The van der Waals surface area contributed by atoms with E-state index in [1.165, 1.54) is 0 Å². The lowest BCUT2D eigenvalue weighted by atomic mass is 10.1. The fourth-order valence-electron chi connectivity index (χ4n) is 2.69. The second-order valence-electron chi connectivity index (χ2n) is 6.08. The third-order valence-electron chi connectivity index (χ3n) is 3.72. The average Bonchev–Trinajstić information content (AvgIpc) is 3.04. The number of halogens is 1. The van der Waals surface area contributed by atoms with Gasteiger partial charge in [0.05, 0.1) is 11.4 Å². The highest BCUT2D eigenvalue weighted by molar-refractivity contribution is 6.03. The van der Waals surface area contributed by atoms with Gasteiger partial charge in [0.15, 0.2) is 5.96 Å². The van der Waals surface area contributed by atoms with Gasteiger partial charge in [0.2, 0.25) is 0 Å². The highest BCUT2D eigenvalue weighted by Gasteiger charge is 2.12. The van der Waals surface area contributed by atoms with Crippen molar-refractivity contribution in [2.75, 3.05) is 5.32 Å². The first-order chi connectivity index (χ1) is 12.4. The van der Waals surface area contributed by atoms with Crippen LogP contribution in [0.5, 0.6) is 0 Å². The zero-order valence-electron chi connectivity index (χ0n) is 15.0. The van der Waals surface area contributed by atoms with Gasteiger partial charge in [-0.05, 0) is 55.3 Å². The van der Waals surface area contributed by atoms with Crippen LogP contribution >= 0.6 is 12.4 Å². The van der Waals surface area contributed by atoms with Gasteiger partial charge in [-0.25, -0.2) is 4.99 Å². The summed E-state index contributed by atoms with van der Waals surface area (Å²) in [5, 5.41) is 9.85. The number of nitrogens with one attached hydrogen (secondary N) is 2. The summed E-state index contributed by atoms with van der Waals surface area (Å²) in [4.78, 5) is 16.4. The topological polar surface area (TPSA) is 122 Å². The standard InChI is InChI=1S/C19H20N6O.ClH/c1-11-7-12(2)9-15(8-11)22-18(26)17-10-16(24-25-17)13-3-5-14(6-4-13)23-19(20)21;/h3-10H,1-2H3,(H,22,26)(H,24,25)(H4,20,21,23);1H. The SMILES string of the molecule is Cc1cc(C)cc(NC(=O)c2cc(-c3ccc(N=C(N)N)cc3)n[nH]2)c1.Cl. The molecule has 27 heavy (non-hydrogen) atoms. The maximum absolute atomic E-state index is 12.4. The van der Waals surface area contributed by atoms with Crippen LogP contribution in [0, 0.1) is 13.8 Å². The molecular formula is C19H21ClN6O. The van der Waals surface area contributed by atoms with Gasteiger partial charge in [0.25, 0.3) is 5.91 Å². The van der Waals surface area contributed by atoms with E-state index >= 15 is 0 Å². The molecule has 2 aromatic carbocycles. The number of carbonyl (C=O) groups is 1. The van der Waals surface area contributed by atoms with E-state index in [1.807, 2.05) is 38.1 Å². The number of aliphatic imine (C=N–C) groups is 1. The second-order valence-corrected chi connectivity index (χ2v) is 6.08. The molecule has 0 fully saturated rings. The van der Waals surface area contributed by atoms with Crippen LogP contribution < -0.4 is 16.8 Å². The maximum atomic E-state index is 12.4. The van der Waals surface area contributed by atoms with E-state index in [4.69, 9.17) is 11.5 Å². The van der Waals surface area contributed by atoms with E-state index < -0.39 is 0 Å². The average molecular weight is 385 g/mol. The van der Waals surface area contributed by atoms with Crippen LogP contribution in [0.3, 0.4) is 0 Å². The number of nitrogens with two attached hydrogens (primary N) is 2. The van der Waals surface area contributed by atoms with Crippen LogP contribution in [0.4, 0.5) is 11.4 Å². The summed E-state index contributed by atoms with van der Waals surface area (Å²) >= 11 is 0. The quantitative estimate of drug-likeness (QED) is 0.407. The van der Waals surface area contributed by atoms with Gasteiger partial charge in [-0.2, -0.15) is 5.10 Å². The Kier molecular flexibility index (Phi) is 6.20. The van der Waals surface area contributed by atoms with E-state index in [-0.39, 0.29) is 24.3 Å². The number of rotatable bonds is 4. The van der Waals surface area contributed by atoms with Gasteiger partial charge in [-0.1, -0.05) is 18.2 Å². The minimum Gasteiger partial charge on any atom is -0.370 e. The molecule has 1 heterocycles. The van der Waals surface area contributed by atoms with E-state index in [2.05, 4.69) is 26.6 Å². The van der Waals surface area contributed by atoms with E-state index in [1.54, 1.807) is 18.2 Å². The van der Waals surface area contributed by atoms with Crippen molar-refractivity contribution in [1.29, 1.82) is 0 Å². The lowest BCUT2D eigenvalue weighted by Gasteiger charge is -2.06. The molecule has 0 unspecified atom stereocenters. The molecule has 0 bridgehead atoms. The Hall–Kier alpha value is -3.32. The lowest BCUT2D eigenvalue weighted by molar-refractivity contribution is 0.102. The molecular weight excluding hydrogens is 364 g/mol. The molecule has 6 N–H and O–H groups in total. The van der Waals surface area contributed by atoms with Crippen molar-refractivity contribution < 1.29 is 4.79 Å². The Morgan fingerprint density at radius 1 is 1.04 bits per heavy atom. The van der Waals surface area contributed by atoms with Crippen molar-refractivity contribution >= 4 is 35.6 Å². The highest BCUT2D eigenvalue weighted by atomic mass is 35.5. The van der Waals surface area contributed by atoms with Crippen LogP contribution in [0.15, 0.2) is 53.5 Å². The third kappa shape index (κ3) is 5.08. The number of nitrogens with zero attached hydrogens (tertiary/aromatic N) is 2. The molecule has 0 saturated heterocycles. The first-order valence-electron chi connectivity index (χ1n) is 8.06. The molecule has 0 aliphatic carbocycles. The molecule has 3 rings (SSSR count). The van der Waals surface area contributed by atoms with E-state index in [0.29, 0.717) is 17.1 Å². The second kappa shape index (κ2) is 8.37. The van der Waals surface area contributed by atoms with Gasteiger partial charge >= 0.3 is 0 Å². The largest absolute Gasteiger partial charge is 0.370 e. The smallest absolute Gasteiger partial charge is 0.273 e. The summed E-state index contributed by atoms with van der Waals surface area (Å²) in [5.74, 6) is -0.242. The molecule has 8 heteroatoms. The van der Waals surface area contributed by atoms with Crippen LogP contribution in [-0.2, 0) is 0 Å². The van der Waals surface area contributed by atoms with Crippen molar-refractivity contribution in [2.45, 2.75) is 13.8 Å². The zero-order valence-corrected chi connectivity index (χ0v) is 15.8. The van der Waals surface area contributed by atoms with E-state index in [9.17, 15) is 4.79 Å². The lowest BCUT2D eigenvalue weighted by Crippen LogP contribution is -2.21. The molecule has 1 aromatic heterocycles. The summed E-state index contributed by atoms with van der Waals surface area (Å²) < 4.78 is 0. The van der Waals surface area contributed by atoms with Crippen LogP contribution in [0.1, 0.15) is 21.6 Å². The number of hydrogen-bond donors (Lipinski definition) is 4. The Labute approximate surface area is 163 Å². The number of carbonyl (C=O) groups excluding carboxylic acids is 1. The van der Waals surface area contributed by atoms with Gasteiger partial charge in [0, 0.05) is 11.3 Å². The molecule has 0 aliphatic rings. The zero-order chi connectivity index (χ0) is 18.7. The normalized spacial score (nSPS) is 10.0. The summed E-state index contributed by atoms with van der Waals surface area (Å²) in [6, 6.07) is 14.8. The summed E-state index contributed by atoms with van der Waals surface area (Å²) in [5.41, 5.74) is 16.2. The molecule has 0 spiro atoms. The molecule has 140 valence electrons. The fourth-order valence-corrected chi connectivity index (χ4v) is 2.69. The molecule has 0 aliphatic heterocycles. The Morgan fingerprint density at radius 2 is 1.67 bits per heavy atom. The number of hydrogen-bond acceptors (Lipinski definition) is 3. The summed E-state index contributed by atoms with van der Waals surface area (Å²) in [6.07, 6.45) is 0. The van der Waals surface area contributed by atoms with Gasteiger partial charge in [-0.15, -0.1) is 12.4 Å². The van der Waals surface area contributed by atoms with Gasteiger partial charge < -0.3 is 16.8 Å². The summed E-state index contributed by atoms with van der Waals surface area (Å²) in [7, 11) is 0. The van der Waals surface area contributed by atoms with Crippen molar-refractivity contribution in [3.63, 3.8) is 0 Å². The van der Waals surface area contributed by atoms with Crippen LogP contribution in [0.25, 0.3) is 11.3 Å². The van der Waals surface area contributed by atoms with Crippen molar-refractivity contribution in [3.8, 4) is 11.3 Å². The number of amides is 1. The maximum Gasteiger partial charge on any atom is 0.273 e. The van der Waals surface area contributed by atoms with Gasteiger partial charge in [-0.3, -0.25) is 9.89 Å². The molecule has 0 saturated carbocycles. The summed E-state index contributed by atoms with van der Waals surface area (Å²) in [6.45, 7) is 3.98. The first kappa shape index (κ1) is 20.0. The highest BCUT2D eigenvalue weighted by Crippen LogP contribution is 2.22. The molecule has 0 atom stereocenters. The van der Waals surface area contributed by atoms with Crippen LogP contribution in [0.2, 0.25) is 0 Å². The number of guanidine groups is 1. The monoisotopic (exact) mass is 384 g/mol. The Bertz CT molecular complexity index is 954. The van der Waals surface area contributed by atoms with Crippen molar-refractivity contribution in [3.05, 3.63) is 65.4 Å². The molecule has 1 amide bonds. The molecule has 0 radical (unpaired) electrons. The van der Waals surface area contributed by atoms with E-state index in [0.717, 1.165) is 22.4 Å². The predicted molar refractivity (Wildman–Crippen MR) is 111 cm³/mol. The minimum absolute atomic E-state index is 0. The number of aromatic amines is 1. The third-order valence-corrected chi connectivity index (χ3v) is 3.72. The van der Waals surface area contributed by atoms with Gasteiger partial charge in [0.1, 0.15) is 5.69 Å². The van der Waals surface area contributed by atoms with Crippen molar-refractivity contribution in [1.82, 2.24) is 10.2 Å².